The Labute approximate surface area is 188 Å². The van der Waals surface area contributed by atoms with Crippen LogP contribution in [-0.4, -0.2) is 49.0 Å². The molecule has 1 aromatic carbocycles. The Bertz CT molecular complexity index is 861. The van der Waals surface area contributed by atoms with Crippen molar-refractivity contribution in [3.63, 3.8) is 0 Å². The molecule has 1 N–H and O–H groups in total. The summed E-state index contributed by atoms with van der Waals surface area (Å²) in [5, 5.41) is 5.51. The Morgan fingerprint density at radius 2 is 1.90 bits per heavy atom. The zero-order valence-electron chi connectivity index (χ0n) is 18.1. The maximum Gasteiger partial charge on any atom is 0.251 e. The molecule has 0 unspecified atom stereocenters. The molecule has 2 aromatic rings. The van der Waals surface area contributed by atoms with Gasteiger partial charge in [0, 0.05) is 11.4 Å². The molecule has 3 heterocycles. The van der Waals surface area contributed by atoms with E-state index in [4.69, 9.17) is 4.74 Å². The third-order valence-electron chi connectivity index (χ3n) is 6.03. The summed E-state index contributed by atoms with van der Waals surface area (Å²) in [5.74, 6) is 1.01. The maximum absolute atomic E-state index is 12.9. The van der Waals surface area contributed by atoms with E-state index in [1.165, 1.54) is 9.78 Å². The van der Waals surface area contributed by atoms with Gasteiger partial charge in [-0.25, -0.2) is 4.90 Å². The lowest BCUT2D eigenvalue weighted by molar-refractivity contribution is -0.121. The number of benzene rings is 1. The number of rotatable bonds is 9. The molecule has 4 rings (SSSR count). The molecule has 1 aromatic heterocycles. The molecule has 166 valence electrons. The third kappa shape index (κ3) is 5.53. The van der Waals surface area contributed by atoms with Crippen LogP contribution < -0.4 is 15.0 Å². The number of nitrogens with zero attached hydrogens (tertiary/aromatic N) is 2. The number of ether oxygens (including phenoxy) is 1. The van der Waals surface area contributed by atoms with Crippen LogP contribution >= 0.6 is 11.3 Å². The van der Waals surface area contributed by atoms with Gasteiger partial charge >= 0.3 is 0 Å². The van der Waals surface area contributed by atoms with E-state index in [1.54, 1.807) is 12.1 Å². The molecule has 1 atom stereocenters. The minimum Gasteiger partial charge on any atom is -0.494 e. The molecule has 2 aliphatic heterocycles. The molecule has 2 fully saturated rings. The van der Waals surface area contributed by atoms with Crippen LogP contribution in [0.2, 0.25) is 0 Å². The third-order valence-corrected chi connectivity index (χ3v) is 6.90. The van der Waals surface area contributed by atoms with Crippen molar-refractivity contribution < 1.29 is 14.3 Å². The molecule has 2 aliphatic rings. The summed E-state index contributed by atoms with van der Waals surface area (Å²) in [4.78, 5) is 30.6. The van der Waals surface area contributed by atoms with Crippen molar-refractivity contribution >= 4 is 28.8 Å². The molecule has 0 saturated carbocycles. The summed E-state index contributed by atoms with van der Waals surface area (Å²) in [6.07, 6.45) is 3.41. The molecule has 7 heteroatoms. The zero-order valence-corrected chi connectivity index (χ0v) is 18.9. The number of carbonyl (C=O) groups excluding carboxylic acids is 2. The van der Waals surface area contributed by atoms with Crippen molar-refractivity contribution in [3.05, 3.63) is 46.7 Å². The summed E-state index contributed by atoms with van der Waals surface area (Å²) >= 11 is 1.81. The van der Waals surface area contributed by atoms with Crippen molar-refractivity contribution in [3.8, 4) is 5.75 Å². The molecule has 2 saturated heterocycles. The lowest BCUT2D eigenvalue weighted by Crippen LogP contribution is -2.43. The Morgan fingerprint density at radius 1 is 1.13 bits per heavy atom. The largest absolute Gasteiger partial charge is 0.494 e. The van der Waals surface area contributed by atoms with Crippen molar-refractivity contribution in [1.29, 1.82) is 0 Å². The quantitative estimate of drug-likeness (QED) is 0.602. The number of piperidine rings is 1. The smallest absolute Gasteiger partial charge is 0.251 e. The first kappa shape index (κ1) is 22.0. The van der Waals surface area contributed by atoms with Crippen molar-refractivity contribution in [2.24, 2.45) is 5.92 Å². The van der Waals surface area contributed by atoms with Crippen molar-refractivity contribution in [1.82, 2.24) is 10.2 Å². The normalized spacial score (nSPS) is 20.5. The number of thiophene rings is 1. The number of amides is 2. The van der Waals surface area contributed by atoms with E-state index < -0.39 is 6.04 Å². The Kier molecular flexibility index (Phi) is 7.37. The molecule has 31 heavy (non-hydrogen) atoms. The van der Waals surface area contributed by atoms with Gasteiger partial charge in [-0.3, -0.25) is 14.5 Å². The summed E-state index contributed by atoms with van der Waals surface area (Å²) < 4.78 is 5.59. The van der Waals surface area contributed by atoms with Crippen LogP contribution in [-0.2, 0) is 16.1 Å². The molecule has 6 nitrogen and oxygen atoms in total. The van der Waals surface area contributed by atoms with Crippen LogP contribution in [0.15, 0.2) is 41.8 Å². The van der Waals surface area contributed by atoms with Gasteiger partial charge in [0.1, 0.15) is 5.75 Å². The highest BCUT2D eigenvalue weighted by molar-refractivity contribution is 7.09. The van der Waals surface area contributed by atoms with Crippen LogP contribution in [0.4, 0.5) is 5.69 Å². The first-order valence-electron chi connectivity index (χ1n) is 11.2. The van der Waals surface area contributed by atoms with Crippen LogP contribution in [0, 0.1) is 5.92 Å². The topological polar surface area (TPSA) is 61.9 Å². The molecule has 0 aliphatic carbocycles. The van der Waals surface area contributed by atoms with Gasteiger partial charge in [0.15, 0.2) is 0 Å². The second kappa shape index (κ2) is 10.4. The van der Waals surface area contributed by atoms with E-state index in [2.05, 4.69) is 34.7 Å². The summed E-state index contributed by atoms with van der Waals surface area (Å²) in [7, 11) is 0. The lowest BCUT2D eigenvalue weighted by atomic mass is 9.96. The summed E-state index contributed by atoms with van der Waals surface area (Å²) in [5.41, 5.74) is 0.616. The Hall–Kier alpha value is -2.22. The number of anilines is 1. The summed E-state index contributed by atoms with van der Waals surface area (Å²) in [6.45, 7) is 6.69. The average molecular weight is 442 g/mol. The second-order valence-corrected chi connectivity index (χ2v) is 9.41. The molecule has 2 amide bonds. The van der Waals surface area contributed by atoms with Gasteiger partial charge in [0.2, 0.25) is 5.91 Å². The van der Waals surface area contributed by atoms with Gasteiger partial charge in [-0.1, -0.05) is 13.0 Å². The minimum absolute atomic E-state index is 0.143. The number of hydrogen-bond donors (Lipinski definition) is 1. The minimum atomic E-state index is -0.423. The SMILES string of the molecule is CCCOc1ccc(N2C(=O)C[C@@H](NCC3CCN(Cc4cccs4)CC3)C2=O)cc1. The summed E-state index contributed by atoms with van der Waals surface area (Å²) in [6, 6.07) is 11.1. The van der Waals surface area contributed by atoms with Crippen LogP contribution in [0.25, 0.3) is 0 Å². The molecular formula is C24H31N3O3S. The van der Waals surface area contributed by atoms with Crippen molar-refractivity contribution in [2.45, 2.75) is 45.2 Å². The Balaban J connectivity index is 1.25. The fourth-order valence-corrected chi connectivity index (χ4v) is 5.00. The van der Waals surface area contributed by atoms with Crippen LogP contribution in [0.3, 0.4) is 0 Å². The zero-order chi connectivity index (χ0) is 21.6. The van der Waals surface area contributed by atoms with Crippen LogP contribution in [0.5, 0.6) is 5.75 Å². The van der Waals surface area contributed by atoms with Crippen molar-refractivity contribution in [2.75, 3.05) is 31.1 Å². The number of likely N-dealkylation sites (tertiary alicyclic amines) is 1. The number of hydrogen-bond acceptors (Lipinski definition) is 6. The van der Waals surface area contributed by atoms with Crippen LogP contribution in [0.1, 0.15) is 37.5 Å². The van der Waals surface area contributed by atoms with E-state index >= 15 is 0 Å². The van der Waals surface area contributed by atoms with E-state index in [0.717, 1.165) is 51.2 Å². The highest BCUT2D eigenvalue weighted by Crippen LogP contribution is 2.26. The number of imide groups is 1. The fourth-order valence-electron chi connectivity index (χ4n) is 4.25. The van der Waals surface area contributed by atoms with Gasteiger partial charge in [-0.05, 0) is 80.5 Å². The first-order chi connectivity index (χ1) is 15.1. The van der Waals surface area contributed by atoms with E-state index in [0.29, 0.717) is 18.2 Å². The Morgan fingerprint density at radius 3 is 2.58 bits per heavy atom. The average Bonchev–Trinajstić information content (AvgIpc) is 3.39. The highest BCUT2D eigenvalue weighted by Gasteiger charge is 2.39. The maximum atomic E-state index is 12.9. The molecule has 0 bridgehead atoms. The predicted molar refractivity (Wildman–Crippen MR) is 123 cm³/mol. The predicted octanol–water partition coefficient (Wildman–Crippen LogP) is 3.67. The molecule has 0 radical (unpaired) electrons. The van der Waals surface area contributed by atoms with E-state index in [1.807, 2.05) is 23.5 Å². The second-order valence-electron chi connectivity index (χ2n) is 8.37. The highest BCUT2D eigenvalue weighted by atomic mass is 32.1. The van der Waals surface area contributed by atoms with E-state index in [9.17, 15) is 9.59 Å². The van der Waals surface area contributed by atoms with E-state index in [-0.39, 0.29) is 18.2 Å². The van der Waals surface area contributed by atoms with Gasteiger partial charge in [-0.2, -0.15) is 0 Å². The number of carbonyl (C=O) groups is 2. The number of nitrogens with one attached hydrogen (secondary N) is 1. The molecular weight excluding hydrogens is 410 g/mol. The van der Waals surface area contributed by atoms with Gasteiger partial charge in [0.05, 0.1) is 24.8 Å². The molecule has 0 spiro atoms. The van der Waals surface area contributed by atoms with Gasteiger partial charge in [0.25, 0.3) is 5.91 Å². The lowest BCUT2D eigenvalue weighted by Gasteiger charge is -2.32. The monoisotopic (exact) mass is 441 g/mol. The first-order valence-corrected chi connectivity index (χ1v) is 12.1. The van der Waals surface area contributed by atoms with Gasteiger partial charge < -0.3 is 10.1 Å². The van der Waals surface area contributed by atoms with Gasteiger partial charge in [-0.15, -0.1) is 11.3 Å². The standard InChI is InChI=1S/C24H31N3O3S/c1-2-13-30-20-7-5-19(6-8-20)27-23(28)15-22(24(27)29)25-16-18-9-11-26(12-10-18)17-21-4-3-14-31-21/h3-8,14,18,22,25H,2,9-13,15-17H2,1H3/t22-/m1/s1. The fraction of sp³-hybridized carbons (Fsp3) is 0.500.